The Bertz CT molecular complexity index is 580. The zero-order valence-electron chi connectivity index (χ0n) is 11.3. The maximum Gasteiger partial charge on any atom is 0.312 e. The van der Waals surface area contributed by atoms with Crippen LogP contribution in [0.4, 0.5) is 0 Å². The molecule has 0 N–H and O–H groups in total. The average Bonchev–Trinajstić information content (AvgIpc) is 2.84. The van der Waals surface area contributed by atoms with Gasteiger partial charge in [0.25, 0.3) is 0 Å². The van der Waals surface area contributed by atoms with Crippen LogP contribution in [-0.2, 0) is 14.3 Å². The summed E-state index contributed by atoms with van der Waals surface area (Å²) in [7, 11) is 1.36. The second-order valence-corrected chi connectivity index (χ2v) is 6.10. The molecule has 1 aliphatic heterocycles. The van der Waals surface area contributed by atoms with Crippen LogP contribution in [0.2, 0.25) is 5.02 Å². The third-order valence-electron chi connectivity index (χ3n) is 3.23. The Labute approximate surface area is 127 Å². The summed E-state index contributed by atoms with van der Waals surface area (Å²) in [4.78, 5) is 23.9. The number of ketones is 1. The van der Waals surface area contributed by atoms with Gasteiger partial charge in [-0.1, -0.05) is 23.7 Å². The van der Waals surface area contributed by atoms with Gasteiger partial charge in [-0.25, -0.2) is 0 Å². The van der Waals surface area contributed by atoms with Crippen LogP contribution in [0.1, 0.15) is 30.4 Å². The van der Waals surface area contributed by atoms with Crippen molar-refractivity contribution >= 4 is 41.2 Å². The SMILES string of the molecule is COC(=O)C(C)c1ccc(/C=C2/SCCC2=O)c(Cl)c1. The quantitative estimate of drug-likeness (QED) is 0.631. The molecule has 0 aliphatic carbocycles. The van der Waals surface area contributed by atoms with Crippen molar-refractivity contribution in [3.8, 4) is 0 Å². The number of ether oxygens (including phenoxy) is 1. The number of thioether (sulfide) groups is 1. The van der Waals surface area contributed by atoms with Crippen LogP contribution in [0.15, 0.2) is 23.1 Å². The number of methoxy groups -OCH3 is 1. The van der Waals surface area contributed by atoms with Crippen molar-refractivity contribution in [2.24, 2.45) is 0 Å². The number of halogens is 1. The number of carbonyl (C=O) groups excluding carboxylic acids is 2. The van der Waals surface area contributed by atoms with E-state index in [1.54, 1.807) is 24.8 Å². The highest BCUT2D eigenvalue weighted by Crippen LogP contribution is 2.32. The van der Waals surface area contributed by atoms with E-state index in [0.29, 0.717) is 11.4 Å². The zero-order valence-corrected chi connectivity index (χ0v) is 12.9. The number of rotatable bonds is 3. The zero-order chi connectivity index (χ0) is 14.7. The van der Waals surface area contributed by atoms with Crippen molar-refractivity contribution < 1.29 is 14.3 Å². The molecule has 1 atom stereocenters. The normalized spacial score (nSPS) is 18.4. The molecule has 0 amide bonds. The van der Waals surface area contributed by atoms with Crippen molar-refractivity contribution in [3.63, 3.8) is 0 Å². The highest BCUT2D eigenvalue weighted by molar-refractivity contribution is 8.04. The van der Waals surface area contributed by atoms with Gasteiger partial charge in [-0.15, -0.1) is 11.8 Å². The van der Waals surface area contributed by atoms with Crippen molar-refractivity contribution in [1.29, 1.82) is 0 Å². The van der Waals surface area contributed by atoms with E-state index in [9.17, 15) is 9.59 Å². The molecule has 3 nitrogen and oxygen atoms in total. The van der Waals surface area contributed by atoms with E-state index in [1.165, 1.54) is 7.11 Å². The molecule has 1 aromatic rings. The molecular formula is C15H15ClO3S. The lowest BCUT2D eigenvalue weighted by Crippen LogP contribution is -2.10. The molecule has 106 valence electrons. The summed E-state index contributed by atoms with van der Waals surface area (Å²) in [6.45, 7) is 1.77. The third kappa shape index (κ3) is 3.25. The van der Waals surface area contributed by atoms with Crippen LogP contribution in [0.3, 0.4) is 0 Å². The second-order valence-electron chi connectivity index (χ2n) is 4.56. The van der Waals surface area contributed by atoms with Gasteiger partial charge in [0.2, 0.25) is 0 Å². The number of hydrogen-bond acceptors (Lipinski definition) is 4. The van der Waals surface area contributed by atoms with Crippen LogP contribution in [0.5, 0.6) is 0 Å². The summed E-state index contributed by atoms with van der Waals surface area (Å²) in [5.74, 6) is 0.341. The van der Waals surface area contributed by atoms with Crippen molar-refractivity contribution in [2.75, 3.05) is 12.9 Å². The molecule has 1 aromatic carbocycles. The van der Waals surface area contributed by atoms with E-state index >= 15 is 0 Å². The Kier molecular flexibility index (Phi) is 4.89. The van der Waals surface area contributed by atoms with Crippen LogP contribution in [0.25, 0.3) is 6.08 Å². The van der Waals surface area contributed by atoms with E-state index in [0.717, 1.165) is 21.8 Å². The van der Waals surface area contributed by atoms with Gasteiger partial charge in [-0.05, 0) is 30.2 Å². The Balaban J connectivity index is 2.26. The highest BCUT2D eigenvalue weighted by Gasteiger charge is 2.19. The monoisotopic (exact) mass is 310 g/mol. The predicted octanol–water partition coefficient (Wildman–Crippen LogP) is 3.66. The van der Waals surface area contributed by atoms with Gasteiger partial charge < -0.3 is 4.74 Å². The Morgan fingerprint density at radius 2 is 2.25 bits per heavy atom. The van der Waals surface area contributed by atoms with Gasteiger partial charge in [0.1, 0.15) is 0 Å². The molecule has 5 heteroatoms. The van der Waals surface area contributed by atoms with Crippen molar-refractivity contribution in [3.05, 3.63) is 39.3 Å². The van der Waals surface area contributed by atoms with E-state index in [2.05, 4.69) is 0 Å². The van der Waals surface area contributed by atoms with Crippen molar-refractivity contribution in [2.45, 2.75) is 19.3 Å². The lowest BCUT2D eigenvalue weighted by molar-refractivity contribution is -0.142. The summed E-state index contributed by atoms with van der Waals surface area (Å²) < 4.78 is 4.72. The maximum absolute atomic E-state index is 11.6. The number of carbonyl (C=O) groups is 2. The molecule has 0 radical (unpaired) electrons. The number of Topliss-reactive ketones (excluding diaryl/α,β-unsaturated/α-hetero) is 1. The fraction of sp³-hybridized carbons (Fsp3) is 0.333. The molecule has 0 bridgehead atoms. The molecule has 1 aliphatic rings. The summed E-state index contributed by atoms with van der Waals surface area (Å²) in [5.41, 5.74) is 1.60. The van der Waals surface area contributed by atoms with Gasteiger partial charge in [0.05, 0.1) is 17.9 Å². The lowest BCUT2D eigenvalue weighted by atomic mass is 9.99. The largest absolute Gasteiger partial charge is 0.469 e. The minimum Gasteiger partial charge on any atom is -0.469 e. The molecule has 1 fully saturated rings. The lowest BCUT2D eigenvalue weighted by Gasteiger charge is -2.11. The first-order chi connectivity index (χ1) is 9.52. The number of esters is 1. The smallest absolute Gasteiger partial charge is 0.312 e. The Hall–Kier alpha value is -1.26. The van der Waals surface area contributed by atoms with Crippen LogP contribution in [-0.4, -0.2) is 24.6 Å². The van der Waals surface area contributed by atoms with Crippen molar-refractivity contribution in [1.82, 2.24) is 0 Å². The molecule has 0 saturated carbocycles. The third-order valence-corrected chi connectivity index (χ3v) is 4.62. The standard InChI is InChI=1S/C15H15ClO3S/c1-9(15(18)19-2)10-3-4-11(12(16)7-10)8-14-13(17)5-6-20-14/h3-4,7-9H,5-6H2,1-2H3/b14-8+. The van der Waals surface area contributed by atoms with Gasteiger partial charge in [0, 0.05) is 17.2 Å². The second kappa shape index (κ2) is 6.46. The number of allylic oxidation sites excluding steroid dienone is 1. The predicted molar refractivity (Wildman–Crippen MR) is 81.9 cm³/mol. The Morgan fingerprint density at radius 1 is 1.50 bits per heavy atom. The van der Waals surface area contributed by atoms with Crippen LogP contribution >= 0.6 is 23.4 Å². The van der Waals surface area contributed by atoms with Gasteiger partial charge in [0.15, 0.2) is 5.78 Å². The topological polar surface area (TPSA) is 43.4 Å². The highest BCUT2D eigenvalue weighted by atomic mass is 35.5. The molecule has 1 heterocycles. The van der Waals surface area contributed by atoms with E-state index < -0.39 is 0 Å². The van der Waals surface area contributed by atoms with Gasteiger partial charge >= 0.3 is 5.97 Å². The number of hydrogen-bond donors (Lipinski definition) is 0. The molecule has 0 spiro atoms. The summed E-state index contributed by atoms with van der Waals surface area (Å²) >= 11 is 7.78. The molecular weight excluding hydrogens is 296 g/mol. The fourth-order valence-electron chi connectivity index (χ4n) is 1.96. The maximum atomic E-state index is 11.6. The molecule has 20 heavy (non-hydrogen) atoms. The molecule has 0 aromatic heterocycles. The van der Waals surface area contributed by atoms with E-state index in [1.807, 2.05) is 18.2 Å². The fourth-order valence-corrected chi connectivity index (χ4v) is 3.19. The average molecular weight is 311 g/mol. The minimum absolute atomic E-state index is 0.165. The van der Waals surface area contributed by atoms with Gasteiger partial charge in [-0.2, -0.15) is 0 Å². The number of benzene rings is 1. The minimum atomic E-state index is -0.360. The van der Waals surface area contributed by atoms with E-state index in [4.69, 9.17) is 16.3 Å². The van der Waals surface area contributed by atoms with Crippen LogP contribution < -0.4 is 0 Å². The van der Waals surface area contributed by atoms with E-state index in [-0.39, 0.29) is 17.7 Å². The molecule has 2 rings (SSSR count). The first kappa shape index (κ1) is 15.1. The summed E-state index contributed by atoms with van der Waals surface area (Å²) in [6, 6.07) is 5.42. The first-order valence-corrected chi connectivity index (χ1v) is 7.64. The summed E-state index contributed by atoms with van der Waals surface area (Å²) in [6.07, 6.45) is 2.40. The molecule has 1 saturated heterocycles. The summed E-state index contributed by atoms with van der Waals surface area (Å²) in [5, 5.41) is 0.533. The first-order valence-electron chi connectivity index (χ1n) is 6.28. The molecule has 1 unspecified atom stereocenters. The Morgan fingerprint density at radius 3 is 2.80 bits per heavy atom. The van der Waals surface area contributed by atoms with Gasteiger partial charge in [-0.3, -0.25) is 9.59 Å². The van der Waals surface area contributed by atoms with Crippen LogP contribution in [0, 0.1) is 0 Å².